The summed E-state index contributed by atoms with van der Waals surface area (Å²) in [5.41, 5.74) is 5.09. The Labute approximate surface area is 98.1 Å². The van der Waals surface area contributed by atoms with E-state index in [0.29, 0.717) is 4.47 Å². The molecule has 1 unspecified atom stereocenters. The van der Waals surface area contributed by atoms with Crippen molar-refractivity contribution in [3.8, 4) is 5.75 Å². The molecule has 0 aliphatic heterocycles. The highest BCUT2D eigenvalue weighted by molar-refractivity contribution is 9.10. The summed E-state index contributed by atoms with van der Waals surface area (Å²) < 4.78 is 42.1. The van der Waals surface area contributed by atoms with Crippen LogP contribution in [0.2, 0.25) is 0 Å². The van der Waals surface area contributed by atoms with Crippen LogP contribution < -0.4 is 10.5 Å². The van der Waals surface area contributed by atoms with Crippen LogP contribution in [0.1, 0.15) is 11.7 Å². The highest BCUT2D eigenvalue weighted by atomic mass is 79.9. The number of ether oxygens (including phenoxy) is 1. The molecule has 0 aliphatic rings. The van der Waals surface area contributed by atoms with E-state index in [9.17, 15) is 13.2 Å². The van der Waals surface area contributed by atoms with E-state index in [1.165, 1.54) is 13.2 Å². The van der Waals surface area contributed by atoms with Gasteiger partial charge in [0.1, 0.15) is 5.75 Å². The topological polar surface area (TPSA) is 55.5 Å². The molecular formula is C9H9BrF3NO2. The molecule has 0 radical (unpaired) electrons. The number of anilines is 1. The van der Waals surface area contributed by atoms with E-state index in [0.717, 1.165) is 6.07 Å². The Morgan fingerprint density at radius 1 is 1.44 bits per heavy atom. The minimum Gasteiger partial charge on any atom is -0.494 e. The molecule has 1 aromatic carbocycles. The molecule has 0 saturated heterocycles. The molecule has 0 aromatic heterocycles. The Bertz CT molecular complexity index is 395. The van der Waals surface area contributed by atoms with Gasteiger partial charge in [-0.25, -0.2) is 0 Å². The minimum atomic E-state index is -4.76. The van der Waals surface area contributed by atoms with E-state index in [4.69, 9.17) is 15.6 Å². The lowest BCUT2D eigenvalue weighted by Crippen LogP contribution is -2.21. The highest BCUT2D eigenvalue weighted by Gasteiger charge is 2.41. The number of rotatable bonds is 2. The smallest absolute Gasteiger partial charge is 0.418 e. The Balaban J connectivity index is 3.31. The number of aliphatic hydroxyl groups excluding tert-OH is 1. The van der Waals surface area contributed by atoms with Gasteiger partial charge in [0.2, 0.25) is 0 Å². The molecule has 3 nitrogen and oxygen atoms in total. The van der Waals surface area contributed by atoms with Gasteiger partial charge in [-0.05, 0) is 12.1 Å². The Morgan fingerprint density at radius 3 is 2.44 bits per heavy atom. The zero-order valence-corrected chi connectivity index (χ0v) is 9.76. The fraction of sp³-hybridized carbons (Fsp3) is 0.333. The van der Waals surface area contributed by atoms with Crippen molar-refractivity contribution in [1.29, 1.82) is 0 Å². The quantitative estimate of drug-likeness (QED) is 0.826. The summed E-state index contributed by atoms with van der Waals surface area (Å²) in [7, 11) is 1.19. The van der Waals surface area contributed by atoms with E-state index >= 15 is 0 Å². The molecule has 16 heavy (non-hydrogen) atoms. The van der Waals surface area contributed by atoms with E-state index in [1.807, 2.05) is 0 Å². The molecule has 0 spiro atoms. The van der Waals surface area contributed by atoms with Crippen molar-refractivity contribution in [3.63, 3.8) is 0 Å². The molecular weight excluding hydrogens is 291 g/mol. The van der Waals surface area contributed by atoms with Crippen molar-refractivity contribution in [1.82, 2.24) is 0 Å². The number of aliphatic hydroxyl groups is 1. The predicted molar refractivity (Wildman–Crippen MR) is 56.1 cm³/mol. The lowest BCUT2D eigenvalue weighted by atomic mass is 10.1. The molecule has 3 N–H and O–H groups in total. The van der Waals surface area contributed by atoms with Gasteiger partial charge < -0.3 is 15.6 Å². The molecule has 1 atom stereocenters. The first-order valence-electron chi connectivity index (χ1n) is 4.15. The summed E-state index contributed by atoms with van der Waals surface area (Å²) in [6.45, 7) is 0. The summed E-state index contributed by atoms with van der Waals surface area (Å²) in [6, 6.07) is 2.51. The van der Waals surface area contributed by atoms with Crippen molar-refractivity contribution >= 4 is 21.6 Å². The van der Waals surface area contributed by atoms with E-state index < -0.39 is 17.8 Å². The van der Waals surface area contributed by atoms with Crippen molar-refractivity contribution in [2.75, 3.05) is 12.8 Å². The second-order valence-corrected chi connectivity index (χ2v) is 3.98. The second kappa shape index (κ2) is 4.50. The zero-order chi connectivity index (χ0) is 12.5. The van der Waals surface area contributed by atoms with Crippen LogP contribution in [0.15, 0.2) is 16.6 Å². The lowest BCUT2D eigenvalue weighted by Gasteiger charge is -2.19. The maximum Gasteiger partial charge on any atom is 0.418 e. The first-order chi connectivity index (χ1) is 7.27. The number of alkyl halides is 3. The van der Waals surface area contributed by atoms with Crippen LogP contribution >= 0.6 is 15.9 Å². The summed E-state index contributed by atoms with van der Waals surface area (Å²) in [5, 5.41) is 9.14. The van der Waals surface area contributed by atoms with Crippen molar-refractivity contribution in [2.45, 2.75) is 12.3 Å². The molecule has 0 saturated carbocycles. The Morgan fingerprint density at radius 2 is 2.00 bits per heavy atom. The van der Waals surface area contributed by atoms with Gasteiger partial charge in [0.25, 0.3) is 0 Å². The van der Waals surface area contributed by atoms with Crippen LogP contribution in [0.25, 0.3) is 0 Å². The van der Waals surface area contributed by atoms with Crippen molar-refractivity contribution in [2.24, 2.45) is 0 Å². The SMILES string of the molecule is COc1c(N)cc(Br)cc1C(O)C(F)(F)F. The van der Waals surface area contributed by atoms with Gasteiger partial charge in [0.15, 0.2) is 6.10 Å². The van der Waals surface area contributed by atoms with Crippen LogP contribution in [0.4, 0.5) is 18.9 Å². The lowest BCUT2D eigenvalue weighted by molar-refractivity contribution is -0.207. The van der Waals surface area contributed by atoms with Gasteiger partial charge >= 0.3 is 6.18 Å². The summed E-state index contributed by atoms with van der Waals surface area (Å²) in [5.74, 6) is -0.173. The van der Waals surface area contributed by atoms with Gasteiger partial charge in [0.05, 0.1) is 12.8 Å². The van der Waals surface area contributed by atoms with Crippen LogP contribution in [-0.4, -0.2) is 18.4 Å². The fourth-order valence-electron chi connectivity index (χ4n) is 1.25. The number of methoxy groups -OCH3 is 1. The van der Waals surface area contributed by atoms with E-state index in [2.05, 4.69) is 15.9 Å². The van der Waals surface area contributed by atoms with Crippen molar-refractivity contribution in [3.05, 3.63) is 22.2 Å². The average Bonchev–Trinajstić information content (AvgIpc) is 2.14. The molecule has 0 amide bonds. The fourth-order valence-corrected chi connectivity index (χ4v) is 1.74. The first kappa shape index (κ1) is 13.1. The van der Waals surface area contributed by atoms with Gasteiger partial charge in [0, 0.05) is 10.0 Å². The van der Waals surface area contributed by atoms with Crippen LogP contribution in [-0.2, 0) is 0 Å². The van der Waals surface area contributed by atoms with Gasteiger partial charge in [-0.2, -0.15) is 13.2 Å². The largest absolute Gasteiger partial charge is 0.494 e. The predicted octanol–water partition coefficient (Wildman–Crippen LogP) is 2.64. The molecule has 0 fully saturated rings. The molecule has 1 rings (SSSR count). The number of nitrogens with two attached hydrogens (primary N) is 1. The molecule has 0 aliphatic carbocycles. The number of nitrogen functional groups attached to an aromatic ring is 1. The van der Waals surface area contributed by atoms with E-state index in [-0.39, 0.29) is 11.4 Å². The Hall–Kier alpha value is -0.950. The van der Waals surface area contributed by atoms with Gasteiger partial charge in [-0.1, -0.05) is 15.9 Å². The average molecular weight is 300 g/mol. The number of hydrogen-bond donors (Lipinski definition) is 2. The van der Waals surface area contributed by atoms with Crippen LogP contribution in [0.3, 0.4) is 0 Å². The number of benzene rings is 1. The Kier molecular flexibility index (Phi) is 3.69. The first-order valence-corrected chi connectivity index (χ1v) is 4.94. The van der Waals surface area contributed by atoms with E-state index in [1.54, 1.807) is 0 Å². The van der Waals surface area contributed by atoms with Crippen molar-refractivity contribution < 1.29 is 23.0 Å². The standard InChI is InChI=1S/C9H9BrF3NO2/c1-16-7-5(8(15)9(11,12)13)2-4(10)3-6(7)14/h2-3,8,15H,14H2,1H3. The third-order valence-corrected chi connectivity index (χ3v) is 2.38. The monoisotopic (exact) mass is 299 g/mol. The molecule has 1 aromatic rings. The third kappa shape index (κ3) is 2.59. The van der Waals surface area contributed by atoms with Gasteiger partial charge in [-0.3, -0.25) is 0 Å². The molecule has 90 valence electrons. The summed E-state index contributed by atoms with van der Waals surface area (Å²) >= 11 is 3.00. The second-order valence-electron chi connectivity index (χ2n) is 3.06. The van der Waals surface area contributed by atoms with Crippen LogP contribution in [0, 0.1) is 0 Å². The van der Waals surface area contributed by atoms with Gasteiger partial charge in [-0.15, -0.1) is 0 Å². The molecule has 7 heteroatoms. The summed E-state index contributed by atoms with van der Waals surface area (Å²) in [6.07, 6.45) is -7.39. The zero-order valence-electron chi connectivity index (χ0n) is 8.18. The van der Waals surface area contributed by atoms with Crippen LogP contribution in [0.5, 0.6) is 5.75 Å². The number of halogens is 4. The maximum absolute atomic E-state index is 12.4. The molecule has 0 heterocycles. The minimum absolute atomic E-state index is 0.0233. The maximum atomic E-state index is 12.4. The number of hydrogen-bond acceptors (Lipinski definition) is 3. The normalized spacial score (nSPS) is 13.6. The summed E-state index contributed by atoms with van der Waals surface area (Å²) in [4.78, 5) is 0. The molecule has 0 bridgehead atoms. The highest BCUT2D eigenvalue weighted by Crippen LogP contribution is 2.41. The third-order valence-electron chi connectivity index (χ3n) is 1.92.